The standard InChI is InChI=1S/C14H19NO4S/c1-15(8-9-20(2,18)19)11-13-5-3-4-12(10-13)6-7-14(16)17/h3-7,10H,8-9,11H2,1-2H3,(H,16,17). The highest BCUT2D eigenvalue weighted by Crippen LogP contribution is 2.09. The Morgan fingerprint density at radius 1 is 1.40 bits per heavy atom. The first-order valence-corrected chi connectivity index (χ1v) is 8.18. The predicted octanol–water partition coefficient (Wildman–Crippen LogP) is 1.26. The third-order valence-corrected chi connectivity index (χ3v) is 3.59. The molecule has 1 rings (SSSR count). The van der Waals surface area contributed by atoms with Crippen LogP contribution in [0.2, 0.25) is 0 Å². The summed E-state index contributed by atoms with van der Waals surface area (Å²) in [6, 6.07) is 7.48. The quantitative estimate of drug-likeness (QED) is 0.767. The fraction of sp³-hybridized carbons (Fsp3) is 0.357. The van der Waals surface area contributed by atoms with E-state index < -0.39 is 15.8 Å². The van der Waals surface area contributed by atoms with Gasteiger partial charge in [0.15, 0.2) is 0 Å². The Kier molecular flexibility index (Phi) is 5.91. The normalized spacial score (nSPS) is 12.2. The highest BCUT2D eigenvalue weighted by Gasteiger charge is 2.06. The smallest absolute Gasteiger partial charge is 0.328 e. The molecule has 5 nitrogen and oxygen atoms in total. The van der Waals surface area contributed by atoms with E-state index in [4.69, 9.17) is 5.11 Å². The Morgan fingerprint density at radius 3 is 2.70 bits per heavy atom. The molecule has 0 aliphatic carbocycles. The predicted molar refractivity (Wildman–Crippen MR) is 79.2 cm³/mol. The van der Waals surface area contributed by atoms with Crippen LogP contribution in [0.1, 0.15) is 11.1 Å². The number of carboxylic acid groups (broad SMARTS) is 1. The molecule has 0 fully saturated rings. The van der Waals surface area contributed by atoms with Gasteiger partial charge in [0.25, 0.3) is 0 Å². The van der Waals surface area contributed by atoms with Crippen molar-refractivity contribution in [2.45, 2.75) is 6.54 Å². The van der Waals surface area contributed by atoms with Crippen molar-refractivity contribution >= 4 is 21.9 Å². The minimum atomic E-state index is -2.96. The summed E-state index contributed by atoms with van der Waals surface area (Å²) in [4.78, 5) is 12.4. The zero-order valence-electron chi connectivity index (χ0n) is 11.6. The summed E-state index contributed by atoms with van der Waals surface area (Å²) in [5, 5.41) is 8.58. The number of aliphatic carboxylic acids is 1. The van der Waals surface area contributed by atoms with E-state index in [1.54, 1.807) is 0 Å². The van der Waals surface area contributed by atoms with Crippen molar-refractivity contribution in [1.82, 2.24) is 4.90 Å². The summed E-state index contributed by atoms with van der Waals surface area (Å²) in [6.07, 6.45) is 3.84. The number of rotatable bonds is 7. The van der Waals surface area contributed by atoms with E-state index in [1.807, 2.05) is 36.2 Å². The van der Waals surface area contributed by atoms with Crippen LogP contribution in [0, 0.1) is 0 Å². The second kappa shape index (κ2) is 7.21. The molecule has 0 bridgehead atoms. The van der Waals surface area contributed by atoms with Crippen LogP contribution in [0.3, 0.4) is 0 Å². The van der Waals surface area contributed by atoms with Gasteiger partial charge in [-0.15, -0.1) is 0 Å². The molecule has 6 heteroatoms. The van der Waals surface area contributed by atoms with Crippen LogP contribution in [-0.4, -0.2) is 50.0 Å². The molecule has 0 atom stereocenters. The fourth-order valence-corrected chi connectivity index (χ4v) is 2.32. The second-order valence-electron chi connectivity index (χ2n) is 4.78. The zero-order chi connectivity index (χ0) is 15.2. The number of nitrogens with zero attached hydrogens (tertiary/aromatic N) is 1. The molecule has 1 aromatic carbocycles. The van der Waals surface area contributed by atoms with Crippen LogP contribution in [0.4, 0.5) is 0 Å². The van der Waals surface area contributed by atoms with Gasteiger partial charge in [0.2, 0.25) is 0 Å². The van der Waals surface area contributed by atoms with E-state index in [-0.39, 0.29) is 5.75 Å². The van der Waals surface area contributed by atoms with Crippen molar-refractivity contribution in [3.05, 3.63) is 41.5 Å². The third-order valence-electron chi connectivity index (χ3n) is 2.67. The molecule has 0 saturated heterocycles. The topological polar surface area (TPSA) is 74.7 Å². The average molecular weight is 297 g/mol. The van der Waals surface area contributed by atoms with E-state index in [9.17, 15) is 13.2 Å². The Balaban J connectivity index is 2.64. The molecular weight excluding hydrogens is 278 g/mol. The molecule has 0 saturated carbocycles. The van der Waals surface area contributed by atoms with Gasteiger partial charge in [-0.05, 0) is 24.3 Å². The van der Waals surface area contributed by atoms with Crippen molar-refractivity contribution in [3.63, 3.8) is 0 Å². The maximum Gasteiger partial charge on any atom is 0.328 e. The lowest BCUT2D eigenvalue weighted by Gasteiger charge is -2.16. The maximum absolute atomic E-state index is 11.1. The molecule has 0 aliphatic heterocycles. The third kappa shape index (κ3) is 7.06. The summed E-state index contributed by atoms with van der Waals surface area (Å²) in [7, 11) is -1.10. The van der Waals surface area contributed by atoms with E-state index in [0.29, 0.717) is 13.1 Å². The highest BCUT2D eigenvalue weighted by atomic mass is 32.2. The van der Waals surface area contributed by atoms with Crippen molar-refractivity contribution in [3.8, 4) is 0 Å². The number of hydrogen-bond acceptors (Lipinski definition) is 4. The van der Waals surface area contributed by atoms with Crippen LogP contribution in [0.15, 0.2) is 30.3 Å². The van der Waals surface area contributed by atoms with E-state index in [0.717, 1.165) is 17.2 Å². The van der Waals surface area contributed by atoms with Crippen LogP contribution in [0.5, 0.6) is 0 Å². The highest BCUT2D eigenvalue weighted by molar-refractivity contribution is 7.90. The van der Waals surface area contributed by atoms with E-state index in [2.05, 4.69) is 0 Å². The molecule has 0 spiro atoms. The molecule has 1 aromatic rings. The Morgan fingerprint density at radius 2 is 2.10 bits per heavy atom. The second-order valence-corrected chi connectivity index (χ2v) is 7.04. The number of hydrogen-bond donors (Lipinski definition) is 1. The van der Waals surface area contributed by atoms with Gasteiger partial charge < -0.3 is 10.0 Å². The molecule has 0 radical (unpaired) electrons. The van der Waals surface area contributed by atoms with Gasteiger partial charge in [0, 0.05) is 25.4 Å². The van der Waals surface area contributed by atoms with Gasteiger partial charge in [-0.2, -0.15) is 0 Å². The van der Waals surface area contributed by atoms with Gasteiger partial charge >= 0.3 is 5.97 Å². The first-order valence-electron chi connectivity index (χ1n) is 6.12. The van der Waals surface area contributed by atoms with E-state index >= 15 is 0 Å². The maximum atomic E-state index is 11.1. The fourth-order valence-electron chi connectivity index (χ4n) is 1.68. The first-order chi connectivity index (χ1) is 9.26. The lowest BCUT2D eigenvalue weighted by Crippen LogP contribution is -2.24. The Hall–Kier alpha value is -1.66. The van der Waals surface area contributed by atoms with Gasteiger partial charge in [-0.3, -0.25) is 0 Å². The number of benzene rings is 1. The molecule has 20 heavy (non-hydrogen) atoms. The van der Waals surface area contributed by atoms with Crippen molar-refractivity contribution in [1.29, 1.82) is 0 Å². The minimum absolute atomic E-state index is 0.127. The van der Waals surface area contributed by atoms with Crippen LogP contribution in [0.25, 0.3) is 6.08 Å². The molecular formula is C14H19NO4S. The first kappa shape index (κ1) is 16.4. The minimum Gasteiger partial charge on any atom is -0.478 e. The number of carbonyl (C=O) groups is 1. The molecule has 0 aromatic heterocycles. The van der Waals surface area contributed by atoms with Gasteiger partial charge in [-0.25, -0.2) is 13.2 Å². The summed E-state index contributed by atoms with van der Waals surface area (Å²) in [6.45, 7) is 1.08. The van der Waals surface area contributed by atoms with Crippen LogP contribution >= 0.6 is 0 Å². The molecule has 0 aliphatic rings. The SMILES string of the molecule is CN(CCS(C)(=O)=O)Cc1cccc(C=CC(=O)O)c1. The lowest BCUT2D eigenvalue weighted by molar-refractivity contribution is -0.131. The lowest BCUT2D eigenvalue weighted by atomic mass is 10.1. The van der Waals surface area contributed by atoms with Gasteiger partial charge in [-0.1, -0.05) is 24.3 Å². The summed E-state index contributed by atoms with van der Waals surface area (Å²) in [5.41, 5.74) is 1.81. The number of carboxylic acids is 1. The van der Waals surface area contributed by atoms with Crippen molar-refractivity contribution < 1.29 is 18.3 Å². The van der Waals surface area contributed by atoms with E-state index in [1.165, 1.54) is 12.3 Å². The molecule has 110 valence electrons. The molecule has 1 N–H and O–H groups in total. The molecule has 0 heterocycles. The van der Waals surface area contributed by atoms with Crippen LogP contribution in [-0.2, 0) is 21.2 Å². The number of sulfone groups is 1. The summed E-state index contributed by atoms with van der Waals surface area (Å²) < 4.78 is 22.2. The van der Waals surface area contributed by atoms with Gasteiger partial charge in [0.1, 0.15) is 9.84 Å². The van der Waals surface area contributed by atoms with Gasteiger partial charge in [0.05, 0.1) is 5.75 Å². The largest absolute Gasteiger partial charge is 0.478 e. The van der Waals surface area contributed by atoms with Crippen molar-refractivity contribution in [2.24, 2.45) is 0 Å². The Bertz CT molecular complexity index is 593. The average Bonchev–Trinajstić information content (AvgIpc) is 2.34. The summed E-state index contributed by atoms with van der Waals surface area (Å²) >= 11 is 0. The van der Waals surface area contributed by atoms with Crippen molar-refractivity contribution in [2.75, 3.05) is 25.6 Å². The molecule has 0 unspecified atom stereocenters. The monoisotopic (exact) mass is 297 g/mol. The zero-order valence-corrected chi connectivity index (χ0v) is 12.4. The van der Waals surface area contributed by atoms with Crippen LogP contribution < -0.4 is 0 Å². The summed E-state index contributed by atoms with van der Waals surface area (Å²) in [5.74, 6) is -0.858. The Labute approximate surface area is 119 Å². The molecule has 0 amide bonds.